The van der Waals surface area contributed by atoms with Crippen LogP contribution in [0.4, 0.5) is 0 Å². The van der Waals surface area contributed by atoms with Crippen LogP contribution in [0, 0.1) is 0 Å². The maximum absolute atomic E-state index is 12.6. The van der Waals surface area contributed by atoms with E-state index in [0.29, 0.717) is 6.42 Å². The lowest BCUT2D eigenvalue weighted by Gasteiger charge is -2.24. The molecule has 0 N–H and O–H groups in total. The zero-order chi connectivity index (χ0) is 15.0. The third kappa shape index (κ3) is 2.58. The van der Waals surface area contributed by atoms with Crippen LogP contribution in [0.5, 0.6) is 0 Å². The molecule has 0 saturated carbocycles. The van der Waals surface area contributed by atoms with Crippen LogP contribution in [0.3, 0.4) is 0 Å². The van der Waals surface area contributed by atoms with Crippen LogP contribution in [0.1, 0.15) is 28.9 Å². The van der Waals surface area contributed by atoms with Crippen LogP contribution >= 0.6 is 15.9 Å². The highest BCUT2D eigenvalue weighted by molar-refractivity contribution is 9.10. The Kier molecular flexibility index (Phi) is 4.00. The third-order valence-corrected chi connectivity index (χ3v) is 4.61. The Morgan fingerprint density at radius 1 is 1.48 bits per heavy atom. The lowest BCUT2D eigenvalue weighted by Crippen LogP contribution is -2.29. The highest BCUT2D eigenvalue weighted by Gasteiger charge is 2.25. The fourth-order valence-electron chi connectivity index (χ4n) is 3.09. The molecular weight excluding hydrogens is 328 g/mol. The molecule has 0 radical (unpaired) electrons. The summed E-state index contributed by atoms with van der Waals surface area (Å²) in [5.41, 5.74) is 3.52. The van der Waals surface area contributed by atoms with Gasteiger partial charge in [0.05, 0.1) is 5.52 Å². The van der Waals surface area contributed by atoms with E-state index >= 15 is 0 Å². The average molecular weight is 347 g/mol. The number of carbonyl (C=O) groups excluding carboxylic acids is 1. The fourth-order valence-corrected chi connectivity index (χ4v) is 3.43. The number of hydrogen-bond acceptors (Lipinski definition) is 2. The molecule has 1 aromatic heterocycles. The Morgan fingerprint density at radius 3 is 3.05 bits per heavy atom. The molecule has 4 heteroatoms. The number of fused-ring (bicyclic) bond motifs is 3. The van der Waals surface area contributed by atoms with E-state index in [2.05, 4.69) is 52.7 Å². The quantitative estimate of drug-likeness (QED) is 0.785. The molecule has 1 aliphatic rings. The molecule has 2 aromatic rings. The van der Waals surface area contributed by atoms with E-state index in [9.17, 15) is 4.79 Å². The summed E-state index contributed by atoms with van der Waals surface area (Å²) in [7, 11) is 2.11. The molecule has 0 unspecified atom stereocenters. The monoisotopic (exact) mass is 346 g/mol. The molecule has 0 spiro atoms. The van der Waals surface area contributed by atoms with Gasteiger partial charge in [0.2, 0.25) is 5.91 Å². The molecule has 3 rings (SSSR count). The summed E-state index contributed by atoms with van der Waals surface area (Å²) < 4.78 is 2.94. The van der Waals surface area contributed by atoms with Gasteiger partial charge in [-0.1, -0.05) is 28.1 Å². The first-order valence-corrected chi connectivity index (χ1v) is 8.05. The molecule has 0 fully saturated rings. The highest BCUT2D eigenvalue weighted by atomic mass is 79.9. The van der Waals surface area contributed by atoms with Gasteiger partial charge in [0.25, 0.3) is 0 Å². The summed E-state index contributed by atoms with van der Waals surface area (Å²) >= 11 is 3.52. The molecule has 2 heterocycles. The third-order valence-electron chi connectivity index (χ3n) is 4.12. The molecule has 0 saturated heterocycles. The van der Waals surface area contributed by atoms with E-state index < -0.39 is 0 Å². The van der Waals surface area contributed by atoms with Gasteiger partial charge < -0.3 is 4.90 Å². The molecule has 0 aliphatic carbocycles. The summed E-state index contributed by atoms with van der Waals surface area (Å²) in [6, 6.07) is 6.24. The van der Waals surface area contributed by atoms with E-state index in [1.165, 1.54) is 10.9 Å². The first-order chi connectivity index (χ1) is 10.1. The normalized spacial score (nSPS) is 15.1. The highest BCUT2D eigenvalue weighted by Crippen LogP contribution is 2.32. The predicted octanol–water partition coefficient (Wildman–Crippen LogP) is 4.00. The SMILES string of the molecule is C=CCCC(=O)n1c2c(c3ccc(Br)cc31)CCN(C)C2. The van der Waals surface area contributed by atoms with Crippen LogP contribution in [0.25, 0.3) is 10.9 Å². The second-order valence-corrected chi connectivity index (χ2v) is 6.55. The number of nitrogens with zero attached hydrogens (tertiary/aromatic N) is 2. The molecule has 0 bridgehead atoms. The minimum atomic E-state index is 0.162. The summed E-state index contributed by atoms with van der Waals surface area (Å²) in [6.45, 7) is 5.59. The van der Waals surface area contributed by atoms with Gasteiger partial charge in [-0.3, -0.25) is 9.36 Å². The minimum Gasteiger partial charge on any atom is -0.300 e. The van der Waals surface area contributed by atoms with E-state index in [4.69, 9.17) is 0 Å². The van der Waals surface area contributed by atoms with Crippen molar-refractivity contribution in [1.29, 1.82) is 0 Å². The zero-order valence-electron chi connectivity index (χ0n) is 12.2. The van der Waals surface area contributed by atoms with E-state index in [1.807, 2.05) is 4.57 Å². The van der Waals surface area contributed by atoms with Crippen LogP contribution in [-0.4, -0.2) is 29.0 Å². The summed E-state index contributed by atoms with van der Waals surface area (Å²) in [4.78, 5) is 14.9. The van der Waals surface area contributed by atoms with Crippen LogP contribution in [0.15, 0.2) is 35.3 Å². The Hall–Kier alpha value is -1.39. The Bertz CT molecular complexity index is 717. The van der Waals surface area contributed by atoms with Crippen molar-refractivity contribution in [3.05, 3.63) is 46.6 Å². The van der Waals surface area contributed by atoms with Gasteiger partial charge in [0, 0.05) is 35.1 Å². The standard InChI is InChI=1S/C17H19BrN2O/c1-3-4-5-17(21)20-15-10-12(18)6-7-13(15)14-8-9-19(2)11-16(14)20/h3,6-7,10H,1,4-5,8-9,11H2,2H3. The van der Waals surface area contributed by atoms with E-state index in [-0.39, 0.29) is 5.91 Å². The summed E-state index contributed by atoms with van der Waals surface area (Å²) in [5, 5.41) is 1.22. The number of hydrogen-bond donors (Lipinski definition) is 0. The molecular formula is C17H19BrN2O. The minimum absolute atomic E-state index is 0.162. The molecule has 110 valence electrons. The number of carbonyl (C=O) groups is 1. The van der Waals surface area contributed by atoms with E-state index in [1.54, 1.807) is 6.08 Å². The molecule has 1 aliphatic heterocycles. The van der Waals surface area contributed by atoms with Crippen molar-refractivity contribution in [3.63, 3.8) is 0 Å². The molecule has 21 heavy (non-hydrogen) atoms. The topological polar surface area (TPSA) is 25.2 Å². The van der Waals surface area contributed by atoms with Crippen molar-refractivity contribution in [2.75, 3.05) is 13.6 Å². The van der Waals surface area contributed by atoms with Crippen molar-refractivity contribution < 1.29 is 4.79 Å². The number of rotatable bonds is 3. The van der Waals surface area contributed by atoms with Crippen LogP contribution < -0.4 is 0 Å². The van der Waals surface area contributed by atoms with Crippen molar-refractivity contribution in [3.8, 4) is 0 Å². The largest absolute Gasteiger partial charge is 0.300 e. The zero-order valence-corrected chi connectivity index (χ0v) is 13.8. The number of aromatic nitrogens is 1. The predicted molar refractivity (Wildman–Crippen MR) is 89.7 cm³/mol. The Morgan fingerprint density at radius 2 is 2.29 bits per heavy atom. The lowest BCUT2D eigenvalue weighted by atomic mass is 10.0. The first-order valence-electron chi connectivity index (χ1n) is 7.26. The van der Waals surface area contributed by atoms with Crippen LogP contribution in [-0.2, 0) is 13.0 Å². The van der Waals surface area contributed by atoms with Gasteiger partial charge in [-0.05, 0) is 37.6 Å². The number of benzene rings is 1. The maximum atomic E-state index is 12.6. The molecule has 3 nitrogen and oxygen atoms in total. The summed E-state index contributed by atoms with van der Waals surface area (Å²) in [6.07, 6.45) is 4.04. The second kappa shape index (κ2) is 5.78. The van der Waals surface area contributed by atoms with Gasteiger partial charge in [0.1, 0.15) is 0 Å². The van der Waals surface area contributed by atoms with Gasteiger partial charge in [-0.15, -0.1) is 6.58 Å². The Labute approximate surface area is 133 Å². The van der Waals surface area contributed by atoms with Gasteiger partial charge >= 0.3 is 0 Å². The van der Waals surface area contributed by atoms with E-state index in [0.717, 1.165) is 41.6 Å². The summed E-state index contributed by atoms with van der Waals surface area (Å²) in [5.74, 6) is 0.162. The van der Waals surface area contributed by atoms with Crippen molar-refractivity contribution >= 4 is 32.7 Å². The molecule has 0 atom stereocenters. The van der Waals surface area contributed by atoms with Crippen LogP contribution in [0.2, 0.25) is 0 Å². The van der Waals surface area contributed by atoms with Gasteiger partial charge in [0.15, 0.2) is 0 Å². The van der Waals surface area contributed by atoms with Gasteiger partial charge in [-0.2, -0.15) is 0 Å². The average Bonchev–Trinajstić information content (AvgIpc) is 2.77. The smallest absolute Gasteiger partial charge is 0.231 e. The first kappa shape index (κ1) is 14.5. The maximum Gasteiger partial charge on any atom is 0.231 e. The second-order valence-electron chi connectivity index (χ2n) is 5.63. The van der Waals surface area contributed by atoms with Crippen molar-refractivity contribution in [2.45, 2.75) is 25.8 Å². The lowest BCUT2D eigenvalue weighted by molar-refractivity contribution is 0.0902. The van der Waals surface area contributed by atoms with Crippen molar-refractivity contribution in [1.82, 2.24) is 9.47 Å². The van der Waals surface area contributed by atoms with Crippen molar-refractivity contribution in [2.24, 2.45) is 0 Å². The number of halogens is 1. The molecule has 0 amide bonds. The number of allylic oxidation sites excluding steroid dienone is 1. The molecule has 1 aromatic carbocycles. The fraction of sp³-hybridized carbons (Fsp3) is 0.353. The number of likely N-dealkylation sites (N-methyl/N-ethyl adjacent to an activating group) is 1. The van der Waals surface area contributed by atoms with Gasteiger partial charge in [-0.25, -0.2) is 0 Å². The Balaban J connectivity index is 2.20.